The van der Waals surface area contributed by atoms with E-state index >= 15 is 0 Å². The predicted octanol–water partition coefficient (Wildman–Crippen LogP) is 3.28. The van der Waals surface area contributed by atoms with Crippen molar-refractivity contribution in [3.8, 4) is 5.75 Å². The van der Waals surface area contributed by atoms with E-state index in [1.54, 1.807) is 13.4 Å². The van der Waals surface area contributed by atoms with Crippen LogP contribution in [-0.4, -0.2) is 20.5 Å². The Kier molecular flexibility index (Phi) is 5.00. The molecule has 6 heteroatoms. The first kappa shape index (κ1) is 15.4. The Bertz CT molecular complexity index is 615. The average Bonchev–Trinajstić information content (AvgIpc) is 3.05. The Morgan fingerprint density at radius 3 is 3.09 bits per heavy atom. The van der Waals surface area contributed by atoms with Crippen LogP contribution in [0.15, 0.2) is 34.9 Å². The fraction of sp³-hybridized carbons (Fsp3) is 0.375. The number of halogens is 1. The summed E-state index contributed by atoms with van der Waals surface area (Å²) in [4.78, 5) is 0. The van der Waals surface area contributed by atoms with Crippen LogP contribution in [0.4, 0.5) is 0 Å². The van der Waals surface area contributed by atoms with Crippen molar-refractivity contribution in [2.24, 2.45) is 0 Å². The van der Waals surface area contributed by atoms with E-state index in [1.165, 1.54) is 0 Å². The molecule has 0 amide bonds. The van der Waals surface area contributed by atoms with Gasteiger partial charge in [-0.25, -0.2) is 0 Å². The third-order valence-electron chi connectivity index (χ3n) is 3.51. The number of fused-ring (bicyclic) bond motifs is 1. The minimum atomic E-state index is -0.0329. The maximum absolute atomic E-state index is 6.18. The van der Waals surface area contributed by atoms with Gasteiger partial charge in [0.05, 0.1) is 25.5 Å². The molecule has 5 nitrogen and oxygen atoms in total. The number of benzene rings is 1. The smallest absolute Gasteiger partial charge is 0.189 e. The standard InChI is InChI=1S/C16H18ClNO4/c1-19-9-14(15-3-2-4-21-15)18-7-11-5-13(17)6-12-8-20-10-22-16(11)12/h2-6,14,18H,7-10H2,1H3/t14-/m0/s1. The zero-order chi connectivity index (χ0) is 15.4. The molecule has 2 heterocycles. The molecule has 0 saturated heterocycles. The molecule has 0 bridgehead atoms. The van der Waals surface area contributed by atoms with E-state index in [0.717, 1.165) is 22.6 Å². The van der Waals surface area contributed by atoms with Crippen LogP contribution < -0.4 is 10.1 Å². The minimum Gasteiger partial charge on any atom is -0.468 e. The molecule has 0 spiro atoms. The van der Waals surface area contributed by atoms with Gasteiger partial charge >= 0.3 is 0 Å². The molecule has 0 saturated carbocycles. The van der Waals surface area contributed by atoms with Crippen LogP contribution in [0.3, 0.4) is 0 Å². The fourth-order valence-corrected chi connectivity index (χ4v) is 2.78. The van der Waals surface area contributed by atoms with Crippen molar-refractivity contribution >= 4 is 11.6 Å². The summed E-state index contributed by atoms with van der Waals surface area (Å²) in [5.74, 6) is 1.68. The van der Waals surface area contributed by atoms with Crippen LogP contribution in [0, 0.1) is 0 Å². The molecule has 2 aromatic rings. The lowest BCUT2D eigenvalue weighted by Crippen LogP contribution is -2.25. The fourth-order valence-electron chi connectivity index (χ4n) is 2.52. The summed E-state index contributed by atoms with van der Waals surface area (Å²) >= 11 is 6.18. The summed E-state index contributed by atoms with van der Waals surface area (Å²) in [6, 6.07) is 7.54. The van der Waals surface area contributed by atoms with E-state index in [-0.39, 0.29) is 12.8 Å². The summed E-state index contributed by atoms with van der Waals surface area (Å²) < 4.78 is 21.6. The van der Waals surface area contributed by atoms with Gasteiger partial charge in [0.15, 0.2) is 6.79 Å². The zero-order valence-corrected chi connectivity index (χ0v) is 13.1. The van der Waals surface area contributed by atoms with Gasteiger partial charge in [0.1, 0.15) is 11.5 Å². The van der Waals surface area contributed by atoms with Crippen molar-refractivity contribution in [1.29, 1.82) is 0 Å². The van der Waals surface area contributed by atoms with Crippen LogP contribution in [0.25, 0.3) is 0 Å². The number of rotatable bonds is 6. The van der Waals surface area contributed by atoms with Gasteiger partial charge in [0.25, 0.3) is 0 Å². The van der Waals surface area contributed by atoms with Crippen molar-refractivity contribution in [2.45, 2.75) is 19.2 Å². The van der Waals surface area contributed by atoms with Gasteiger partial charge in [-0.2, -0.15) is 0 Å². The van der Waals surface area contributed by atoms with Crippen molar-refractivity contribution in [1.82, 2.24) is 5.32 Å². The maximum atomic E-state index is 6.18. The van der Waals surface area contributed by atoms with Crippen molar-refractivity contribution in [3.05, 3.63) is 52.4 Å². The molecule has 1 aromatic carbocycles. The van der Waals surface area contributed by atoms with Gasteiger partial charge in [-0.05, 0) is 24.3 Å². The summed E-state index contributed by atoms with van der Waals surface area (Å²) in [6.07, 6.45) is 1.65. The molecule has 1 atom stereocenters. The van der Waals surface area contributed by atoms with E-state index in [2.05, 4.69) is 5.32 Å². The number of furan rings is 1. The first-order valence-electron chi connectivity index (χ1n) is 7.05. The van der Waals surface area contributed by atoms with E-state index in [0.29, 0.717) is 24.8 Å². The van der Waals surface area contributed by atoms with Crippen LogP contribution in [0.5, 0.6) is 5.75 Å². The Hall–Kier alpha value is -1.53. The molecular weight excluding hydrogens is 306 g/mol. The van der Waals surface area contributed by atoms with Crippen molar-refractivity contribution in [3.63, 3.8) is 0 Å². The Balaban J connectivity index is 1.76. The largest absolute Gasteiger partial charge is 0.468 e. The van der Waals surface area contributed by atoms with Crippen molar-refractivity contribution in [2.75, 3.05) is 20.5 Å². The second-order valence-corrected chi connectivity index (χ2v) is 5.50. The van der Waals surface area contributed by atoms with E-state index < -0.39 is 0 Å². The lowest BCUT2D eigenvalue weighted by molar-refractivity contribution is -0.0171. The first-order chi connectivity index (χ1) is 10.8. The number of nitrogens with one attached hydrogen (secondary N) is 1. The highest BCUT2D eigenvalue weighted by Crippen LogP contribution is 2.32. The molecular formula is C16H18ClNO4. The topological polar surface area (TPSA) is 52.9 Å². The number of ether oxygens (including phenoxy) is 3. The summed E-state index contributed by atoms with van der Waals surface area (Å²) in [5, 5.41) is 4.09. The van der Waals surface area contributed by atoms with E-state index in [4.69, 9.17) is 30.2 Å². The second-order valence-electron chi connectivity index (χ2n) is 5.07. The van der Waals surface area contributed by atoms with E-state index in [1.807, 2.05) is 24.3 Å². The van der Waals surface area contributed by atoms with Gasteiger partial charge in [-0.15, -0.1) is 0 Å². The number of methoxy groups -OCH3 is 1. The Morgan fingerprint density at radius 2 is 2.32 bits per heavy atom. The highest BCUT2D eigenvalue weighted by molar-refractivity contribution is 6.30. The summed E-state index contributed by atoms with van der Waals surface area (Å²) in [5.41, 5.74) is 1.97. The lowest BCUT2D eigenvalue weighted by Gasteiger charge is -2.22. The lowest BCUT2D eigenvalue weighted by atomic mass is 10.1. The maximum Gasteiger partial charge on any atom is 0.189 e. The molecule has 3 rings (SSSR count). The normalized spacial score (nSPS) is 15.2. The second kappa shape index (κ2) is 7.15. The van der Waals surface area contributed by atoms with Crippen LogP contribution in [-0.2, 0) is 22.6 Å². The number of hydrogen-bond donors (Lipinski definition) is 1. The molecule has 118 valence electrons. The molecule has 1 aliphatic rings. The average molecular weight is 324 g/mol. The van der Waals surface area contributed by atoms with Gasteiger partial charge < -0.3 is 23.9 Å². The highest BCUT2D eigenvalue weighted by Gasteiger charge is 2.19. The van der Waals surface area contributed by atoms with Gasteiger partial charge in [-0.3, -0.25) is 0 Å². The molecule has 0 fully saturated rings. The van der Waals surface area contributed by atoms with Crippen LogP contribution in [0.2, 0.25) is 5.02 Å². The molecule has 1 aromatic heterocycles. The van der Waals surface area contributed by atoms with E-state index in [9.17, 15) is 0 Å². The third-order valence-corrected chi connectivity index (χ3v) is 3.73. The molecule has 0 aliphatic carbocycles. The van der Waals surface area contributed by atoms with Crippen molar-refractivity contribution < 1.29 is 18.6 Å². The van der Waals surface area contributed by atoms with Gasteiger partial charge in [-0.1, -0.05) is 11.6 Å². The molecule has 1 aliphatic heterocycles. The highest BCUT2D eigenvalue weighted by atomic mass is 35.5. The van der Waals surface area contributed by atoms with Crippen LogP contribution >= 0.6 is 11.6 Å². The minimum absolute atomic E-state index is 0.0329. The quantitative estimate of drug-likeness (QED) is 0.884. The molecule has 22 heavy (non-hydrogen) atoms. The molecule has 0 radical (unpaired) electrons. The van der Waals surface area contributed by atoms with Gasteiger partial charge in [0, 0.05) is 29.8 Å². The zero-order valence-electron chi connectivity index (χ0n) is 12.3. The SMILES string of the molecule is COC[C@H](NCc1cc(Cl)cc2c1OCOC2)c1ccco1. The third kappa shape index (κ3) is 3.44. The predicted molar refractivity (Wildman–Crippen MR) is 81.9 cm³/mol. The van der Waals surface area contributed by atoms with Crippen LogP contribution in [0.1, 0.15) is 22.9 Å². The number of hydrogen-bond acceptors (Lipinski definition) is 5. The Morgan fingerprint density at radius 1 is 1.41 bits per heavy atom. The first-order valence-corrected chi connectivity index (χ1v) is 7.43. The van der Waals surface area contributed by atoms with Gasteiger partial charge in [0.2, 0.25) is 0 Å². The monoisotopic (exact) mass is 323 g/mol. The summed E-state index contributed by atoms with van der Waals surface area (Å²) in [7, 11) is 1.67. The Labute approximate surface area is 134 Å². The summed E-state index contributed by atoms with van der Waals surface area (Å²) in [6.45, 7) is 1.89. The molecule has 1 N–H and O–H groups in total. The molecule has 0 unspecified atom stereocenters.